The number of thioether (sulfide) groups is 2. The Morgan fingerprint density at radius 3 is 2.95 bits per heavy atom. The predicted octanol–water partition coefficient (Wildman–Crippen LogP) is 0.906. The molecule has 1 rings (SSSR count). The molecule has 0 aliphatic heterocycles. The molecule has 1 aromatic heterocycles. The van der Waals surface area contributed by atoms with E-state index in [2.05, 4.69) is 22.4 Å². The van der Waals surface area contributed by atoms with E-state index in [1.165, 1.54) is 16.4 Å². The van der Waals surface area contributed by atoms with E-state index in [0.29, 0.717) is 10.9 Å². The molecule has 0 radical (unpaired) electrons. The fourth-order valence-electron chi connectivity index (χ4n) is 1.36. The highest BCUT2D eigenvalue weighted by Crippen LogP contribution is 2.14. The lowest BCUT2D eigenvalue weighted by Crippen LogP contribution is -2.26. The van der Waals surface area contributed by atoms with Gasteiger partial charge in [0, 0.05) is 18.7 Å². The predicted molar refractivity (Wildman–Crippen MR) is 80.9 cm³/mol. The summed E-state index contributed by atoms with van der Waals surface area (Å²) in [7, 11) is 0. The molecule has 1 amide bonds. The van der Waals surface area contributed by atoms with Crippen molar-refractivity contribution in [2.45, 2.75) is 31.3 Å². The summed E-state index contributed by atoms with van der Waals surface area (Å²) in [4.78, 5) is 11.5. The molecule has 8 heteroatoms. The lowest BCUT2D eigenvalue weighted by molar-refractivity contribution is -0.118. The molecule has 0 aliphatic rings. The molecule has 0 saturated heterocycles. The van der Waals surface area contributed by atoms with Crippen LogP contribution in [0.15, 0.2) is 5.16 Å². The number of aromatic nitrogens is 3. The number of unbranched alkanes of at least 4 members (excludes halogenated alkanes) is 1. The van der Waals surface area contributed by atoms with Crippen molar-refractivity contribution in [2.75, 3.05) is 30.1 Å². The SMILES string of the molecule is CCCCNC(=O)CSc1nnc(CCSC)n1N. The smallest absolute Gasteiger partial charge is 0.230 e. The Kier molecular flexibility index (Phi) is 7.73. The minimum absolute atomic E-state index is 0.00659. The molecule has 0 saturated carbocycles. The van der Waals surface area contributed by atoms with Crippen molar-refractivity contribution >= 4 is 29.4 Å². The Balaban J connectivity index is 2.36. The largest absolute Gasteiger partial charge is 0.355 e. The Morgan fingerprint density at radius 1 is 1.47 bits per heavy atom. The topological polar surface area (TPSA) is 85.8 Å². The first-order valence-electron chi connectivity index (χ1n) is 6.26. The van der Waals surface area contributed by atoms with Gasteiger partial charge in [-0.15, -0.1) is 10.2 Å². The van der Waals surface area contributed by atoms with Crippen LogP contribution in [0, 0.1) is 0 Å². The van der Waals surface area contributed by atoms with Crippen LogP contribution in [-0.2, 0) is 11.2 Å². The van der Waals surface area contributed by atoms with Gasteiger partial charge in [-0.2, -0.15) is 11.8 Å². The number of hydrogen-bond donors (Lipinski definition) is 2. The van der Waals surface area contributed by atoms with Gasteiger partial charge in [-0.1, -0.05) is 25.1 Å². The summed E-state index contributed by atoms with van der Waals surface area (Å²) in [5.74, 6) is 7.92. The number of nitrogens with two attached hydrogens (primary N) is 1. The van der Waals surface area contributed by atoms with Crippen molar-refractivity contribution in [3.8, 4) is 0 Å². The van der Waals surface area contributed by atoms with Gasteiger partial charge in [-0.3, -0.25) is 4.79 Å². The summed E-state index contributed by atoms with van der Waals surface area (Å²) in [5, 5.41) is 11.5. The van der Waals surface area contributed by atoms with Gasteiger partial charge >= 0.3 is 0 Å². The van der Waals surface area contributed by atoms with Gasteiger partial charge < -0.3 is 11.2 Å². The van der Waals surface area contributed by atoms with Crippen molar-refractivity contribution in [3.63, 3.8) is 0 Å². The van der Waals surface area contributed by atoms with Gasteiger partial charge in [0.05, 0.1) is 5.75 Å². The Bertz CT molecular complexity index is 396. The van der Waals surface area contributed by atoms with E-state index < -0.39 is 0 Å². The number of aryl methyl sites for hydroxylation is 1. The van der Waals surface area contributed by atoms with Crippen molar-refractivity contribution in [1.29, 1.82) is 0 Å². The molecule has 0 bridgehead atoms. The van der Waals surface area contributed by atoms with Crippen LogP contribution in [0.25, 0.3) is 0 Å². The van der Waals surface area contributed by atoms with Crippen LogP contribution in [0.5, 0.6) is 0 Å². The summed E-state index contributed by atoms with van der Waals surface area (Å²) in [6, 6.07) is 0. The molecular formula is C11H21N5OS2. The summed E-state index contributed by atoms with van der Waals surface area (Å²) < 4.78 is 1.47. The summed E-state index contributed by atoms with van der Waals surface area (Å²) in [6.07, 6.45) is 4.90. The molecule has 1 heterocycles. The Morgan fingerprint density at radius 2 is 2.26 bits per heavy atom. The monoisotopic (exact) mass is 303 g/mol. The number of hydrogen-bond acceptors (Lipinski definition) is 6. The zero-order chi connectivity index (χ0) is 14.1. The molecule has 0 spiro atoms. The highest BCUT2D eigenvalue weighted by Gasteiger charge is 2.11. The van der Waals surface area contributed by atoms with E-state index in [9.17, 15) is 4.79 Å². The van der Waals surface area contributed by atoms with E-state index in [1.807, 2.05) is 6.26 Å². The molecule has 6 nitrogen and oxygen atoms in total. The molecule has 0 aliphatic carbocycles. The van der Waals surface area contributed by atoms with E-state index in [0.717, 1.165) is 37.4 Å². The molecule has 0 aromatic carbocycles. The number of carbonyl (C=O) groups excluding carboxylic acids is 1. The zero-order valence-corrected chi connectivity index (χ0v) is 13.0. The first-order valence-corrected chi connectivity index (χ1v) is 8.64. The first-order chi connectivity index (χ1) is 9.19. The Hall–Kier alpha value is -0.890. The molecule has 108 valence electrons. The second-order valence-corrected chi connectivity index (χ2v) is 5.93. The lowest BCUT2D eigenvalue weighted by atomic mass is 10.3. The minimum Gasteiger partial charge on any atom is -0.355 e. The molecule has 3 N–H and O–H groups in total. The van der Waals surface area contributed by atoms with Gasteiger partial charge in [0.1, 0.15) is 0 Å². The van der Waals surface area contributed by atoms with Crippen molar-refractivity contribution < 1.29 is 4.79 Å². The van der Waals surface area contributed by atoms with Gasteiger partial charge in [0.2, 0.25) is 11.1 Å². The first kappa shape index (κ1) is 16.2. The third kappa shape index (κ3) is 5.73. The van der Waals surface area contributed by atoms with Crippen LogP contribution < -0.4 is 11.2 Å². The molecule has 0 unspecified atom stereocenters. The maximum atomic E-state index is 11.5. The van der Waals surface area contributed by atoms with Gasteiger partial charge in [-0.05, 0) is 12.7 Å². The number of nitrogen functional groups attached to an aromatic ring is 1. The summed E-state index contributed by atoms with van der Waals surface area (Å²) in [6.45, 7) is 2.82. The highest BCUT2D eigenvalue weighted by atomic mass is 32.2. The third-order valence-electron chi connectivity index (χ3n) is 2.45. The number of nitrogens with zero attached hydrogens (tertiary/aromatic N) is 3. The van der Waals surface area contributed by atoms with Crippen LogP contribution >= 0.6 is 23.5 Å². The van der Waals surface area contributed by atoms with Gasteiger partial charge in [-0.25, -0.2) is 4.68 Å². The fraction of sp³-hybridized carbons (Fsp3) is 0.727. The minimum atomic E-state index is 0.00659. The van der Waals surface area contributed by atoms with Crippen LogP contribution in [0.3, 0.4) is 0 Å². The van der Waals surface area contributed by atoms with E-state index in [4.69, 9.17) is 5.84 Å². The third-order valence-corrected chi connectivity index (χ3v) is 4.01. The Labute approximate surface area is 122 Å². The van der Waals surface area contributed by atoms with Gasteiger partial charge in [0.15, 0.2) is 5.82 Å². The lowest BCUT2D eigenvalue weighted by Gasteiger charge is -2.04. The van der Waals surface area contributed by atoms with Crippen LogP contribution in [0.4, 0.5) is 0 Å². The maximum absolute atomic E-state index is 11.5. The number of carbonyl (C=O) groups is 1. The van der Waals surface area contributed by atoms with Gasteiger partial charge in [0.25, 0.3) is 0 Å². The quantitative estimate of drug-likeness (QED) is 0.400. The summed E-state index contributed by atoms with van der Waals surface area (Å²) in [5.41, 5.74) is 0. The van der Waals surface area contributed by atoms with Crippen LogP contribution in [0.2, 0.25) is 0 Å². The standard InChI is InChI=1S/C11H21N5OS2/c1-3-4-6-13-10(17)8-19-11-15-14-9(16(11)12)5-7-18-2/h3-8,12H2,1-2H3,(H,13,17). The fourth-order valence-corrected chi connectivity index (χ4v) is 2.45. The molecule has 0 atom stereocenters. The van der Waals surface area contributed by atoms with E-state index in [1.54, 1.807) is 11.8 Å². The van der Waals surface area contributed by atoms with Crippen molar-refractivity contribution in [2.24, 2.45) is 0 Å². The number of amides is 1. The average molecular weight is 303 g/mol. The van der Waals surface area contributed by atoms with Crippen molar-refractivity contribution in [3.05, 3.63) is 5.82 Å². The van der Waals surface area contributed by atoms with Crippen LogP contribution in [0.1, 0.15) is 25.6 Å². The average Bonchev–Trinajstić information content (AvgIpc) is 2.75. The molecule has 19 heavy (non-hydrogen) atoms. The molecule has 1 aromatic rings. The molecule has 0 fully saturated rings. The number of rotatable bonds is 9. The second kappa shape index (κ2) is 9.08. The zero-order valence-electron chi connectivity index (χ0n) is 11.4. The van der Waals surface area contributed by atoms with Crippen molar-refractivity contribution in [1.82, 2.24) is 20.2 Å². The van der Waals surface area contributed by atoms with E-state index >= 15 is 0 Å². The second-order valence-electron chi connectivity index (χ2n) is 4.00. The van der Waals surface area contributed by atoms with E-state index in [-0.39, 0.29) is 5.91 Å². The maximum Gasteiger partial charge on any atom is 0.230 e. The molecular weight excluding hydrogens is 282 g/mol. The van der Waals surface area contributed by atoms with Crippen LogP contribution in [-0.4, -0.2) is 45.1 Å². The number of nitrogens with one attached hydrogen (secondary N) is 1. The summed E-state index contributed by atoms with van der Waals surface area (Å²) >= 11 is 3.05. The highest BCUT2D eigenvalue weighted by molar-refractivity contribution is 7.99. The normalized spacial score (nSPS) is 10.6.